The molecule has 0 aliphatic carbocycles. The average molecular weight is 354 g/mol. The van der Waals surface area contributed by atoms with Gasteiger partial charge in [-0.15, -0.1) is 0 Å². The number of anilines is 1. The Balaban J connectivity index is 1.87. The molecular formula is C20H20ClN3O. The fraction of sp³-hybridized carbons (Fsp3) is 0.200. The largest absolute Gasteiger partial charge is 0.365 e. The fourth-order valence-corrected chi connectivity index (χ4v) is 3.09. The minimum absolute atomic E-state index is 0.154. The Kier molecular flexibility index (Phi) is 5.51. The number of nitrogens with one attached hydrogen (secondary N) is 1. The summed E-state index contributed by atoms with van der Waals surface area (Å²) in [6, 6.07) is 19.7. The number of nitrogens with zero attached hydrogens (tertiary/aromatic N) is 2. The first-order chi connectivity index (χ1) is 12.2. The lowest BCUT2D eigenvalue weighted by molar-refractivity contribution is 0.727. The standard InChI is InChI=1S/C20H20ClN3O/c1-2-24-17(16-11-7-4-8-12-16)18(21)23-19(20(24)25)22-14-13-15-9-5-3-6-10-15/h3-12H,2,13-14H2,1H3,(H,22,23). The smallest absolute Gasteiger partial charge is 0.293 e. The Labute approximate surface area is 152 Å². The molecule has 0 unspecified atom stereocenters. The Morgan fingerprint density at radius 1 is 1.04 bits per heavy atom. The zero-order chi connectivity index (χ0) is 17.6. The minimum atomic E-state index is -0.154. The Bertz CT molecular complexity index is 892. The van der Waals surface area contributed by atoms with Gasteiger partial charge in [0.2, 0.25) is 0 Å². The minimum Gasteiger partial charge on any atom is -0.365 e. The van der Waals surface area contributed by atoms with Crippen molar-refractivity contribution in [3.63, 3.8) is 0 Å². The molecule has 128 valence electrons. The lowest BCUT2D eigenvalue weighted by Gasteiger charge is -2.15. The molecule has 0 spiro atoms. The first-order valence-corrected chi connectivity index (χ1v) is 8.72. The van der Waals surface area contributed by atoms with Crippen LogP contribution in [-0.4, -0.2) is 16.1 Å². The highest BCUT2D eigenvalue weighted by atomic mass is 35.5. The molecule has 0 bridgehead atoms. The van der Waals surface area contributed by atoms with E-state index in [2.05, 4.69) is 22.4 Å². The van der Waals surface area contributed by atoms with Crippen molar-refractivity contribution in [2.75, 3.05) is 11.9 Å². The van der Waals surface area contributed by atoms with Gasteiger partial charge in [-0.3, -0.25) is 4.79 Å². The van der Waals surface area contributed by atoms with E-state index in [1.807, 2.05) is 55.5 Å². The Hall–Kier alpha value is -2.59. The predicted octanol–water partition coefficient (Wildman–Crippen LogP) is 4.24. The van der Waals surface area contributed by atoms with Crippen LogP contribution >= 0.6 is 11.6 Å². The van der Waals surface area contributed by atoms with E-state index in [0.717, 1.165) is 12.0 Å². The summed E-state index contributed by atoms with van der Waals surface area (Å²) in [6.07, 6.45) is 0.812. The zero-order valence-electron chi connectivity index (χ0n) is 14.1. The Morgan fingerprint density at radius 2 is 1.68 bits per heavy atom. The summed E-state index contributed by atoms with van der Waals surface area (Å²) in [5.41, 5.74) is 2.59. The maximum Gasteiger partial charge on any atom is 0.293 e. The summed E-state index contributed by atoms with van der Waals surface area (Å²) in [5, 5.41) is 3.46. The van der Waals surface area contributed by atoms with Crippen molar-refractivity contribution in [2.24, 2.45) is 0 Å². The van der Waals surface area contributed by atoms with E-state index in [1.54, 1.807) is 4.57 Å². The predicted molar refractivity (Wildman–Crippen MR) is 103 cm³/mol. The molecule has 1 heterocycles. The molecule has 1 N–H and O–H groups in total. The van der Waals surface area contributed by atoms with Gasteiger partial charge in [0.1, 0.15) is 0 Å². The molecule has 0 radical (unpaired) electrons. The first kappa shape index (κ1) is 17.2. The van der Waals surface area contributed by atoms with Gasteiger partial charge in [-0.05, 0) is 18.9 Å². The van der Waals surface area contributed by atoms with Gasteiger partial charge >= 0.3 is 0 Å². The van der Waals surface area contributed by atoms with Crippen LogP contribution in [0.4, 0.5) is 5.82 Å². The molecule has 5 heteroatoms. The van der Waals surface area contributed by atoms with Gasteiger partial charge in [0, 0.05) is 18.7 Å². The molecule has 0 aliphatic heterocycles. The van der Waals surface area contributed by atoms with Crippen molar-refractivity contribution in [1.29, 1.82) is 0 Å². The van der Waals surface area contributed by atoms with E-state index in [-0.39, 0.29) is 5.56 Å². The second-order valence-corrected chi connectivity index (χ2v) is 6.04. The van der Waals surface area contributed by atoms with Crippen molar-refractivity contribution in [1.82, 2.24) is 9.55 Å². The summed E-state index contributed by atoms with van der Waals surface area (Å²) in [4.78, 5) is 17.1. The highest BCUT2D eigenvalue weighted by Gasteiger charge is 2.15. The fourth-order valence-electron chi connectivity index (χ4n) is 2.80. The molecular weight excluding hydrogens is 334 g/mol. The molecule has 0 saturated carbocycles. The van der Waals surface area contributed by atoms with Crippen LogP contribution in [0.3, 0.4) is 0 Å². The van der Waals surface area contributed by atoms with Crippen LogP contribution < -0.4 is 10.9 Å². The second kappa shape index (κ2) is 7.99. The van der Waals surface area contributed by atoms with E-state index < -0.39 is 0 Å². The quantitative estimate of drug-likeness (QED) is 0.721. The van der Waals surface area contributed by atoms with E-state index in [1.165, 1.54) is 5.56 Å². The summed E-state index contributed by atoms with van der Waals surface area (Å²) in [6.45, 7) is 3.08. The van der Waals surface area contributed by atoms with Crippen LogP contribution in [0.25, 0.3) is 11.3 Å². The molecule has 0 fully saturated rings. The zero-order valence-corrected chi connectivity index (χ0v) is 14.8. The van der Waals surface area contributed by atoms with E-state index in [0.29, 0.717) is 29.8 Å². The highest BCUT2D eigenvalue weighted by Crippen LogP contribution is 2.25. The van der Waals surface area contributed by atoms with Crippen molar-refractivity contribution >= 4 is 17.4 Å². The number of hydrogen-bond donors (Lipinski definition) is 1. The molecule has 0 atom stereocenters. The topological polar surface area (TPSA) is 46.9 Å². The highest BCUT2D eigenvalue weighted by molar-refractivity contribution is 6.32. The third-order valence-electron chi connectivity index (χ3n) is 4.04. The van der Waals surface area contributed by atoms with Crippen LogP contribution in [0.15, 0.2) is 65.5 Å². The van der Waals surface area contributed by atoms with Gasteiger partial charge in [-0.2, -0.15) is 0 Å². The van der Waals surface area contributed by atoms with Gasteiger partial charge in [-0.1, -0.05) is 72.3 Å². The molecule has 3 aromatic rings. The van der Waals surface area contributed by atoms with E-state index >= 15 is 0 Å². The van der Waals surface area contributed by atoms with Crippen molar-refractivity contribution in [3.8, 4) is 11.3 Å². The van der Waals surface area contributed by atoms with E-state index in [9.17, 15) is 4.79 Å². The lowest BCUT2D eigenvalue weighted by Crippen LogP contribution is -2.27. The third kappa shape index (κ3) is 3.91. The molecule has 3 rings (SSSR count). The number of rotatable bonds is 6. The van der Waals surface area contributed by atoms with Crippen LogP contribution in [0.2, 0.25) is 5.15 Å². The van der Waals surface area contributed by atoms with Crippen LogP contribution in [-0.2, 0) is 13.0 Å². The summed E-state index contributed by atoms with van der Waals surface area (Å²) >= 11 is 6.40. The van der Waals surface area contributed by atoms with Crippen molar-refractivity contribution in [3.05, 3.63) is 81.7 Å². The van der Waals surface area contributed by atoms with E-state index in [4.69, 9.17) is 11.6 Å². The molecule has 1 aromatic heterocycles. The number of aromatic nitrogens is 2. The van der Waals surface area contributed by atoms with Crippen molar-refractivity contribution in [2.45, 2.75) is 19.9 Å². The lowest BCUT2D eigenvalue weighted by atomic mass is 10.1. The van der Waals surface area contributed by atoms with Gasteiger partial charge in [0.25, 0.3) is 5.56 Å². The molecule has 25 heavy (non-hydrogen) atoms. The molecule has 2 aromatic carbocycles. The number of halogens is 1. The summed E-state index contributed by atoms with van der Waals surface area (Å²) in [5.74, 6) is 0.294. The molecule has 0 saturated heterocycles. The van der Waals surface area contributed by atoms with Gasteiger partial charge in [-0.25, -0.2) is 4.98 Å². The molecule has 0 aliphatic rings. The summed E-state index contributed by atoms with van der Waals surface area (Å²) in [7, 11) is 0. The number of benzene rings is 2. The Morgan fingerprint density at radius 3 is 2.32 bits per heavy atom. The first-order valence-electron chi connectivity index (χ1n) is 8.34. The number of hydrogen-bond acceptors (Lipinski definition) is 3. The summed E-state index contributed by atoms with van der Waals surface area (Å²) < 4.78 is 1.66. The maximum atomic E-state index is 12.8. The van der Waals surface area contributed by atoms with Crippen LogP contribution in [0, 0.1) is 0 Å². The third-order valence-corrected chi connectivity index (χ3v) is 4.30. The van der Waals surface area contributed by atoms with Gasteiger partial charge in [0.05, 0.1) is 5.69 Å². The van der Waals surface area contributed by atoms with Crippen molar-refractivity contribution < 1.29 is 0 Å². The normalized spacial score (nSPS) is 10.6. The second-order valence-electron chi connectivity index (χ2n) is 5.68. The average Bonchev–Trinajstić information content (AvgIpc) is 2.65. The van der Waals surface area contributed by atoms with Crippen LogP contribution in [0.1, 0.15) is 12.5 Å². The monoisotopic (exact) mass is 353 g/mol. The van der Waals surface area contributed by atoms with Gasteiger partial charge < -0.3 is 9.88 Å². The molecule has 0 amide bonds. The SMILES string of the molecule is CCn1c(-c2ccccc2)c(Cl)nc(NCCc2ccccc2)c1=O. The maximum absolute atomic E-state index is 12.8. The van der Waals surface area contributed by atoms with Gasteiger partial charge in [0.15, 0.2) is 11.0 Å². The molecule has 4 nitrogen and oxygen atoms in total. The van der Waals surface area contributed by atoms with Crippen LogP contribution in [0.5, 0.6) is 0 Å².